The van der Waals surface area contributed by atoms with Crippen molar-refractivity contribution in [2.45, 2.75) is 6.92 Å². The number of aromatic nitrogens is 2. The minimum Gasteiger partial charge on any atom is -0.437 e. The van der Waals surface area contributed by atoms with Crippen molar-refractivity contribution in [3.8, 4) is 11.6 Å². The number of halogens is 1. The summed E-state index contributed by atoms with van der Waals surface area (Å²) in [4.78, 5) is 7.95. The maximum Gasteiger partial charge on any atom is 0.227 e. The fourth-order valence-electron chi connectivity index (χ4n) is 1.18. The Kier molecular flexibility index (Phi) is 3.23. The Morgan fingerprint density at radius 1 is 1.25 bits per heavy atom. The van der Waals surface area contributed by atoms with Crippen molar-refractivity contribution < 1.29 is 4.74 Å². The molecule has 16 heavy (non-hydrogen) atoms. The van der Waals surface area contributed by atoms with Crippen molar-refractivity contribution >= 4 is 28.4 Å². The average molecular weight is 327 g/mol. The summed E-state index contributed by atoms with van der Waals surface area (Å²) >= 11 is 2.21. The molecule has 1 aromatic carbocycles. The van der Waals surface area contributed by atoms with Crippen LogP contribution in [0.25, 0.3) is 0 Å². The molecule has 0 atom stereocenters. The molecule has 82 valence electrons. The molecule has 0 radical (unpaired) electrons. The van der Waals surface area contributed by atoms with E-state index in [0.717, 1.165) is 14.9 Å². The Hall–Kier alpha value is -1.37. The lowest BCUT2D eigenvalue weighted by Gasteiger charge is -2.09. The van der Waals surface area contributed by atoms with Crippen molar-refractivity contribution in [3.05, 3.63) is 39.7 Å². The van der Waals surface area contributed by atoms with E-state index in [1.54, 1.807) is 0 Å². The number of nitrogens with two attached hydrogens (primary N) is 1. The molecule has 0 amide bonds. The first-order chi connectivity index (χ1) is 7.68. The van der Waals surface area contributed by atoms with E-state index in [1.807, 2.05) is 31.2 Å². The maximum absolute atomic E-state index is 5.68. The van der Waals surface area contributed by atoms with E-state index in [-0.39, 0.29) is 0 Å². The summed E-state index contributed by atoms with van der Waals surface area (Å²) in [5.74, 6) is 1.71. The van der Waals surface area contributed by atoms with Gasteiger partial charge >= 0.3 is 0 Å². The van der Waals surface area contributed by atoms with Crippen LogP contribution in [-0.2, 0) is 0 Å². The van der Waals surface area contributed by atoms with Crippen LogP contribution in [0.3, 0.4) is 0 Å². The third-order valence-corrected chi connectivity index (χ3v) is 3.01. The normalized spacial score (nSPS) is 10.1. The molecule has 1 heterocycles. The largest absolute Gasteiger partial charge is 0.437 e. The monoisotopic (exact) mass is 327 g/mol. The summed E-state index contributed by atoms with van der Waals surface area (Å²) in [6, 6.07) is 7.72. The molecule has 2 N–H and O–H groups in total. The highest BCUT2D eigenvalue weighted by atomic mass is 127. The molecule has 0 aliphatic carbocycles. The standard InChI is InChI=1S/C11H10IN3O/c1-7-10(13)14-6-15-11(7)16-9-5-3-2-4-8(9)12/h2-6H,1H3,(H2,13,14,15). The van der Waals surface area contributed by atoms with Crippen LogP contribution in [0.15, 0.2) is 30.6 Å². The molecule has 2 aromatic rings. The summed E-state index contributed by atoms with van der Waals surface area (Å²) in [6.45, 7) is 1.83. The highest BCUT2D eigenvalue weighted by Crippen LogP contribution is 2.28. The van der Waals surface area contributed by atoms with Crippen molar-refractivity contribution in [2.24, 2.45) is 0 Å². The molecule has 2 rings (SSSR count). The van der Waals surface area contributed by atoms with E-state index in [9.17, 15) is 0 Å². The van der Waals surface area contributed by atoms with E-state index >= 15 is 0 Å². The minimum atomic E-state index is 0.441. The van der Waals surface area contributed by atoms with E-state index in [2.05, 4.69) is 32.6 Å². The molecule has 0 aliphatic rings. The van der Waals surface area contributed by atoms with Gasteiger partial charge in [-0.1, -0.05) is 12.1 Å². The van der Waals surface area contributed by atoms with Gasteiger partial charge in [-0.2, -0.15) is 0 Å². The Labute approximate surface area is 107 Å². The Morgan fingerprint density at radius 3 is 2.75 bits per heavy atom. The molecular weight excluding hydrogens is 317 g/mol. The third kappa shape index (κ3) is 2.24. The van der Waals surface area contributed by atoms with Gasteiger partial charge in [0.05, 0.1) is 9.13 Å². The number of hydrogen-bond donors (Lipinski definition) is 1. The second kappa shape index (κ2) is 4.65. The van der Waals surface area contributed by atoms with Gasteiger partial charge in [0.1, 0.15) is 17.9 Å². The summed E-state index contributed by atoms with van der Waals surface area (Å²) in [7, 11) is 0. The predicted molar refractivity (Wildman–Crippen MR) is 70.4 cm³/mol. The third-order valence-electron chi connectivity index (χ3n) is 2.12. The number of para-hydroxylation sites is 1. The van der Waals surface area contributed by atoms with Gasteiger partial charge in [-0.25, -0.2) is 9.97 Å². The second-order valence-electron chi connectivity index (χ2n) is 3.22. The van der Waals surface area contributed by atoms with Gasteiger partial charge in [-0.15, -0.1) is 0 Å². The van der Waals surface area contributed by atoms with Crippen LogP contribution in [0.1, 0.15) is 5.56 Å². The van der Waals surface area contributed by atoms with Crippen LogP contribution >= 0.6 is 22.6 Å². The topological polar surface area (TPSA) is 61.0 Å². The van der Waals surface area contributed by atoms with E-state index in [4.69, 9.17) is 10.5 Å². The van der Waals surface area contributed by atoms with Gasteiger partial charge in [0.2, 0.25) is 5.88 Å². The molecule has 0 saturated carbocycles. The molecule has 0 saturated heterocycles. The van der Waals surface area contributed by atoms with E-state index < -0.39 is 0 Å². The zero-order chi connectivity index (χ0) is 11.5. The number of rotatable bonds is 2. The quantitative estimate of drug-likeness (QED) is 0.862. The Morgan fingerprint density at radius 2 is 2.00 bits per heavy atom. The maximum atomic E-state index is 5.68. The van der Waals surface area contributed by atoms with Gasteiger partial charge in [-0.05, 0) is 41.6 Å². The fourth-order valence-corrected chi connectivity index (χ4v) is 1.68. The van der Waals surface area contributed by atoms with E-state index in [0.29, 0.717) is 11.7 Å². The Bertz CT molecular complexity index is 516. The van der Waals surface area contributed by atoms with Gasteiger partial charge in [0.15, 0.2) is 0 Å². The molecule has 4 nitrogen and oxygen atoms in total. The van der Waals surface area contributed by atoms with Gasteiger partial charge in [0.25, 0.3) is 0 Å². The second-order valence-corrected chi connectivity index (χ2v) is 4.38. The first-order valence-electron chi connectivity index (χ1n) is 4.68. The number of benzene rings is 1. The van der Waals surface area contributed by atoms with Crippen LogP contribution in [0.2, 0.25) is 0 Å². The highest BCUT2D eigenvalue weighted by molar-refractivity contribution is 14.1. The van der Waals surface area contributed by atoms with Crippen LogP contribution in [-0.4, -0.2) is 9.97 Å². The summed E-state index contributed by atoms with van der Waals surface area (Å²) in [5, 5.41) is 0. The summed E-state index contributed by atoms with van der Waals surface area (Å²) < 4.78 is 6.71. The molecule has 0 aliphatic heterocycles. The number of anilines is 1. The minimum absolute atomic E-state index is 0.441. The molecule has 0 unspecified atom stereocenters. The lowest BCUT2D eigenvalue weighted by molar-refractivity contribution is 0.455. The first kappa shape index (κ1) is 11.1. The van der Waals surface area contributed by atoms with Crippen molar-refractivity contribution in [1.29, 1.82) is 0 Å². The van der Waals surface area contributed by atoms with Crippen molar-refractivity contribution in [1.82, 2.24) is 9.97 Å². The summed E-state index contributed by atoms with van der Waals surface area (Å²) in [6.07, 6.45) is 1.40. The lowest BCUT2D eigenvalue weighted by atomic mass is 10.3. The molecule has 0 bridgehead atoms. The molecule has 1 aromatic heterocycles. The molecule has 0 spiro atoms. The SMILES string of the molecule is Cc1c(N)ncnc1Oc1ccccc1I. The number of hydrogen-bond acceptors (Lipinski definition) is 4. The van der Waals surface area contributed by atoms with Gasteiger partial charge in [0, 0.05) is 0 Å². The number of nitrogens with zero attached hydrogens (tertiary/aromatic N) is 2. The van der Waals surface area contributed by atoms with Crippen molar-refractivity contribution in [3.63, 3.8) is 0 Å². The van der Waals surface area contributed by atoms with Crippen LogP contribution < -0.4 is 10.5 Å². The van der Waals surface area contributed by atoms with Crippen molar-refractivity contribution in [2.75, 3.05) is 5.73 Å². The molecule has 5 heteroatoms. The predicted octanol–water partition coefficient (Wildman–Crippen LogP) is 2.76. The van der Waals surface area contributed by atoms with E-state index in [1.165, 1.54) is 6.33 Å². The Balaban J connectivity index is 2.35. The van der Waals surface area contributed by atoms with Gasteiger partial charge < -0.3 is 10.5 Å². The smallest absolute Gasteiger partial charge is 0.227 e. The highest BCUT2D eigenvalue weighted by Gasteiger charge is 2.08. The fraction of sp³-hybridized carbons (Fsp3) is 0.0909. The van der Waals surface area contributed by atoms with Crippen LogP contribution in [0.4, 0.5) is 5.82 Å². The molecule has 0 fully saturated rings. The average Bonchev–Trinajstić information content (AvgIpc) is 2.28. The summed E-state index contributed by atoms with van der Waals surface area (Å²) in [5.41, 5.74) is 6.43. The zero-order valence-corrected chi connectivity index (χ0v) is 10.8. The number of nitrogen functional groups attached to an aromatic ring is 1. The van der Waals surface area contributed by atoms with Crippen LogP contribution in [0.5, 0.6) is 11.6 Å². The zero-order valence-electron chi connectivity index (χ0n) is 8.64. The lowest BCUT2D eigenvalue weighted by Crippen LogP contribution is -1.99. The van der Waals surface area contributed by atoms with Crippen LogP contribution in [0, 0.1) is 10.5 Å². The van der Waals surface area contributed by atoms with Gasteiger partial charge in [-0.3, -0.25) is 0 Å². The molecular formula is C11H10IN3O. The number of ether oxygens (including phenoxy) is 1. The first-order valence-corrected chi connectivity index (χ1v) is 5.76.